The molecule has 1 amide bonds. The topological polar surface area (TPSA) is 50.7 Å². The zero-order chi connectivity index (χ0) is 17.2. The van der Waals surface area contributed by atoms with Gasteiger partial charge in [0.25, 0.3) is 5.91 Å². The smallest absolute Gasteiger partial charge is 0.271 e. The third kappa shape index (κ3) is 6.34. The molecule has 0 bridgehead atoms. The summed E-state index contributed by atoms with van der Waals surface area (Å²) in [7, 11) is 0. The molecule has 1 aliphatic rings. The predicted octanol–water partition coefficient (Wildman–Crippen LogP) is 4.94. The highest BCUT2D eigenvalue weighted by molar-refractivity contribution is 5.95. The van der Waals surface area contributed by atoms with Crippen LogP contribution in [0.4, 0.5) is 0 Å². The van der Waals surface area contributed by atoms with Gasteiger partial charge in [0.15, 0.2) is 0 Å². The van der Waals surface area contributed by atoms with E-state index >= 15 is 0 Å². The molecule has 4 nitrogen and oxygen atoms in total. The highest BCUT2D eigenvalue weighted by atomic mass is 16.5. The second kappa shape index (κ2) is 10.1. The fourth-order valence-electron chi connectivity index (χ4n) is 2.98. The van der Waals surface area contributed by atoms with Gasteiger partial charge in [-0.3, -0.25) is 4.79 Å². The number of hydrogen-bond acceptors (Lipinski definition) is 3. The van der Waals surface area contributed by atoms with Crippen LogP contribution in [0.1, 0.15) is 75.6 Å². The van der Waals surface area contributed by atoms with Crippen molar-refractivity contribution in [3.05, 3.63) is 29.8 Å². The van der Waals surface area contributed by atoms with Crippen LogP contribution in [0.25, 0.3) is 0 Å². The van der Waals surface area contributed by atoms with Crippen molar-refractivity contribution in [3.63, 3.8) is 0 Å². The molecule has 0 saturated heterocycles. The van der Waals surface area contributed by atoms with E-state index in [0.29, 0.717) is 11.5 Å². The third-order valence-corrected chi connectivity index (χ3v) is 4.45. The predicted molar refractivity (Wildman–Crippen MR) is 98.6 cm³/mol. The van der Waals surface area contributed by atoms with Gasteiger partial charge in [-0.25, -0.2) is 5.43 Å². The zero-order valence-electron chi connectivity index (χ0n) is 15.0. The molecule has 0 aromatic heterocycles. The normalized spacial score (nSPS) is 19.2. The number of hydrazone groups is 1. The summed E-state index contributed by atoms with van der Waals surface area (Å²) in [6.07, 6.45) is 9.17. The van der Waals surface area contributed by atoms with Gasteiger partial charge in [0.05, 0.1) is 6.61 Å². The third-order valence-electron chi connectivity index (χ3n) is 4.45. The first-order valence-corrected chi connectivity index (χ1v) is 9.27. The van der Waals surface area contributed by atoms with Gasteiger partial charge in [0.1, 0.15) is 5.75 Å². The van der Waals surface area contributed by atoms with Crippen LogP contribution >= 0.6 is 0 Å². The fourth-order valence-corrected chi connectivity index (χ4v) is 2.98. The lowest BCUT2D eigenvalue weighted by Crippen LogP contribution is -2.22. The number of benzene rings is 1. The molecule has 2 rings (SSSR count). The molecular formula is C20H30N2O2. The van der Waals surface area contributed by atoms with Crippen molar-refractivity contribution in [1.82, 2.24) is 5.43 Å². The summed E-state index contributed by atoms with van der Waals surface area (Å²) in [5, 5.41) is 4.30. The van der Waals surface area contributed by atoms with E-state index in [1.54, 1.807) is 12.1 Å². The van der Waals surface area contributed by atoms with Crippen molar-refractivity contribution in [3.8, 4) is 5.75 Å². The molecule has 24 heavy (non-hydrogen) atoms. The largest absolute Gasteiger partial charge is 0.494 e. The van der Waals surface area contributed by atoms with Crippen molar-refractivity contribution in [2.45, 2.75) is 65.2 Å². The van der Waals surface area contributed by atoms with Gasteiger partial charge >= 0.3 is 0 Å². The summed E-state index contributed by atoms with van der Waals surface area (Å²) in [5.41, 5.74) is 4.40. The van der Waals surface area contributed by atoms with Gasteiger partial charge in [-0.05, 0) is 62.3 Å². The lowest BCUT2D eigenvalue weighted by atomic mass is 9.89. The number of unbranched alkanes of at least 4 members (excludes halogenated alkanes) is 3. The SMILES string of the molecule is CCCCCCOc1ccc(C(=O)NN=C2CCCC(C)C2)cc1. The number of nitrogens with zero attached hydrogens (tertiary/aromatic N) is 1. The van der Waals surface area contributed by atoms with Gasteiger partial charge in [-0.2, -0.15) is 5.10 Å². The Bertz CT molecular complexity index is 537. The Kier molecular flexibility index (Phi) is 7.80. The standard InChI is InChI=1S/C20H30N2O2/c1-3-4-5-6-14-24-19-12-10-17(11-13-19)20(23)22-21-18-9-7-8-16(2)15-18/h10-13,16H,3-9,14-15H2,1-2H3,(H,22,23). The summed E-state index contributed by atoms with van der Waals surface area (Å²) in [6.45, 7) is 5.17. The monoisotopic (exact) mass is 330 g/mol. The maximum Gasteiger partial charge on any atom is 0.271 e. The summed E-state index contributed by atoms with van der Waals surface area (Å²) >= 11 is 0. The van der Waals surface area contributed by atoms with E-state index in [2.05, 4.69) is 24.4 Å². The zero-order valence-corrected chi connectivity index (χ0v) is 15.0. The van der Waals surface area contributed by atoms with E-state index < -0.39 is 0 Å². The maximum absolute atomic E-state index is 12.2. The molecule has 0 heterocycles. The second-order valence-electron chi connectivity index (χ2n) is 6.75. The van der Waals surface area contributed by atoms with Crippen molar-refractivity contribution in [2.24, 2.45) is 11.0 Å². The summed E-state index contributed by atoms with van der Waals surface area (Å²) < 4.78 is 5.69. The molecule has 132 valence electrons. The number of hydrogen-bond donors (Lipinski definition) is 1. The molecule has 0 aliphatic heterocycles. The van der Waals surface area contributed by atoms with Gasteiger partial charge in [-0.15, -0.1) is 0 Å². The van der Waals surface area contributed by atoms with Crippen LogP contribution in [0.3, 0.4) is 0 Å². The molecule has 0 radical (unpaired) electrons. The van der Waals surface area contributed by atoms with Crippen molar-refractivity contribution in [1.29, 1.82) is 0 Å². The van der Waals surface area contributed by atoms with E-state index in [-0.39, 0.29) is 5.91 Å². The Morgan fingerprint density at radius 3 is 2.75 bits per heavy atom. The molecule has 1 aromatic carbocycles. The first kappa shape index (κ1) is 18.5. The van der Waals surface area contributed by atoms with Crippen LogP contribution in [0.15, 0.2) is 29.4 Å². The first-order chi connectivity index (χ1) is 11.7. The van der Waals surface area contributed by atoms with Crippen LogP contribution in [-0.2, 0) is 0 Å². The molecule has 1 atom stereocenters. The Labute approximate surface area is 145 Å². The van der Waals surface area contributed by atoms with Crippen LogP contribution in [-0.4, -0.2) is 18.2 Å². The number of nitrogens with one attached hydrogen (secondary N) is 1. The van der Waals surface area contributed by atoms with Crippen LogP contribution in [0.5, 0.6) is 5.75 Å². The first-order valence-electron chi connectivity index (χ1n) is 9.27. The lowest BCUT2D eigenvalue weighted by Gasteiger charge is -2.18. The number of amides is 1. The molecule has 4 heteroatoms. The Balaban J connectivity index is 1.77. The average Bonchev–Trinajstić information content (AvgIpc) is 2.60. The van der Waals surface area contributed by atoms with Gasteiger partial charge in [-0.1, -0.05) is 33.1 Å². The Hall–Kier alpha value is -1.84. The molecule has 1 aliphatic carbocycles. The summed E-state index contributed by atoms with van der Waals surface area (Å²) in [5.74, 6) is 1.33. The minimum atomic E-state index is -0.157. The molecule has 1 unspecified atom stereocenters. The number of ether oxygens (including phenoxy) is 1. The number of rotatable bonds is 8. The van der Waals surface area contributed by atoms with Crippen molar-refractivity contribution >= 4 is 11.6 Å². The molecule has 1 N–H and O–H groups in total. The number of carbonyl (C=O) groups is 1. The van der Waals surface area contributed by atoms with Crippen molar-refractivity contribution < 1.29 is 9.53 Å². The number of carbonyl (C=O) groups excluding carboxylic acids is 1. The summed E-state index contributed by atoms with van der Waals surface area (Å²) in [6, 6.07) is 7.29. The molecule has 1 fully saturated rings. The molecular weight excluding hydrogens is 300 g/mol. The van der Waals surface area contributed by atoms with Crippen LogP contribution in [0, 0.1) is 5.92 Å². The fraction of sp³-hybridized carbons (Fsp3) is 0.600. The average molecular weight is 330 g/mol. The highest BCUT2D eigenvalue weighted by Crippen LogP contribution is 2.21. The van der Waals surface area contributed by atoms with Gasteiger partial charge in [0.2, 0.25) is 0 Å². The van der Waals surface area contributed by atoms with Gasteiger partial charge < -0.3 is 4.74 Å². The van der Waals surface area contributed by atoms with Crippen LogP contribution in [0.2, 0.25) is 0 Å². The lowest BCUT2D eigenvalue weighted by molar-refractivity contribution is 0.0954. The molecule has 1 saturated carbocycles. The molecule has 1 aromatic rings. The van der Waals surface area contributed by atoms with Crippen molar-refractivity contribution in [2.75, 3.05) is 6.61 Å². The van der Waals surface area contributed by atoms with Gasteiger partial charge in [0, 0.05) is 11.3 Å². The Morgan fingerprint density at radius 1 is 1.25 bits per heavy atom. The minimum absolute atomic E-state index is 0.157. The van der Waals surface area contributed by atoms with E-state index in [1.807, 2.05) is 12.1 Å². The summed E-state index contributed by atoms with van der Waals surface area (Å²) in [4.78, 5) is 12.2. The highest BCUT2D eigenvalue weighted by Gasteiger charge is 2.14. The van der Waals surface area contributed by atoms with E-state index in [4.69, 9.17) is 4.74 Å². The second-order valence-corrected chi connectivity index (χ2v) is 6.75. The van der Waals surface area contributed by atoms with E-state index in [0.717, 1.165) is 37.3 Å². The minimum Gasteiger partial charge on any atom is -0.494 e. The van der Waals surface area contributed by atoms with Crippen LogP contribution < -0.4 is 10.2 Å². The maximum atomic E-state index is 12.2. The van der Waals surface area contributed by atoms with E-state index in [1.165, 1.54) is 32.1 Å². The quantitative estimate of drug-likeness (QED) is 0.542. The molecule has 0 spiro atoms. The van der Waals surface area contributed by atoms with E-state index in [9.17, 15) is 4.79 Å². The Morgan fingerprint density at radius 2 is 2.04 bits per heavy atom.